The first-order valence-corrected chi connectivity index (χ1v) is 6.62. The van der Waals surface area contributed by atoms with E-state index in [1.807, 2.05) is 32.0 Å². The van der Waals surface area contributed by atoms with Crippen LogP contribution in [0.5, 0.6) is 11.8 Å². The van der Waals surface area contributed by atoms with E-state index in [9.17, 15) is 0 Å². The Kier molecular flexibility index (Phi) is 4.76. The SMILES string of the molecule is CCNc1nc(Nc2cc(C)ccc2OC)nc(OC)n1. The zero-order chi connectivity index (χ0) is 15.2. The van der Waals surface area contributed by atoms with E-state index in [-0.39, 0.29) is 6.01 Å². The number of aryl methyl sites for hydroxylation is 1. The monoisotopic (exact) mass is 289 g/mol. The van der Waals surface area contributed by atoms with E-state index in [0.29, 0.717) is 24.2 Å². The molecule has 2 aromatic rings. The zero-order valence-corrected chi connectivity index (χ0v) is 12.6. The Hall–Kier alpha value is -2.57. The van der Waals surface area contributed by atoms with Crippen LogP contribution in [-0.2, 0) is 0 Å². The fourth-order valence-electron chi connectivity index (χ4n) is 1.78. The average Bonchev–Trinajstić information content (AvgIpc) is 2.47. The quantitative estimate of drug-likeness (QED) is 0.844. The van der Waals surface area contributed by atoms with Gasteiger partial charge in [0, 0.05) is 6.54 Å². The lowest BCUT2D eigenvalue weighted by molar-refractivity contribution is 0.379. The molecular formula is C14H19N5O2. The lowest BCUT2D eigenvalue weighted by atomic mass is 10.2. The standard InChI is InChI=1S/C14H19N5O2/c1-5-15-12-17-13(19-14(18-12)21-4)16-10-8-9(2)6-7-11(10)20-3/h6-8H,5H2,1-4H3,(H2,15,16,17,18,19). The molecule has 0 bridgehead atoms. The van der Waals surface area contributed by atoms with Gasteiger partial charge in [-0.15, -0.1) is 0 Å². The molecule has 21 heavy (non-hydrogen) atoms. The van der Waals surface area contributed by atoms with Crippen LogP contribution in [-0.4, -0.2) is 35.7 Å². The number of nitrogens with zero attached hydrogens (tertiary/aromatic N) is 3. The molecule has 2 N–H and O–H groups in total. The number of anilines is 3. The van der Waals surface area contributed by atoms with Crippen molar-refractivity contribution in [2.45, 2.75) is 13.8 Å². The highest BCUT2D eigenvalue weighted by molar-refractivity contribution is 5.64. The molecule has 0 spiro atoms. The van der Waals surface area contributed by atoms with Gasteiger partial charge in [0.15, 0.2) is 0 Å². The second-order valence-corrected chi connectivity index (χ2v) is 4.33. The van der Waals surface area contributed by atoms with Crippen LogP contribution in [0.25, 0.3) is 0 Å². The first kappa shape index (κ1) is 14.8. The largest absolute Gasteiger partial charge is 0.495 e. The second kappa shape index (κ2) is 6.74. The van der Waals surface area contributed by atoms with Crippen molar-refractivity contribution < 1.29 is 9.47 Å². The summed E-state index contributed by atoms with van der Waals surface area (Å²) in [6.07, 6.45) is 0. The molecule has 0 saturated heterocycles. The van der Waals surface area contributed by atoms with Crippen molar-refractivity contribution in [3.63, 3.8) is 0 Å². The summed E-state index contributed by atoms with van der Waals surface area (Å²) in [5.41, 5.74) is 1.89. The molecule has 2 rings (SSSR count). The Morgan fingerprint density at radius 3 is 2.48 bits per heavy atom. The maximum Gasteiger partial charge on any atom is 0.322 e. The summed E-state index contributed by atoms with van der Waals surface area (Å²) >= 11 is 0. The number of hydrogen-bond acceptors (Lipinski definition) is 7. The van der Waals surface area contributed by atoms with Gasteiger partial charge in [0.1, 0.15) is 5.75 Å². The Morgan fingerprint density at radius 2 is 1.81 bits per heavy atom. The van der Waals surface area contributed by atoms with Crippen molar-refractivity contribution in [1.82, 2.24) is 15.0 Å². The third kappa shape index (κ3) is 3.71. The van der Waals surface area contributed by atoms with Crippen molar-refractivity contribution in [3.8, 4) is 11.8 Å². The van der Waals surface area contributed by atoms with Crippen LogP contribution < -0.4 is 20.1 Å². The molecule has 0 unspecified atom stereocenters. The van der Waals surface area contributed by atoms with Gasteiger partial charge in [-0.05, 0) is 31.5 Å². The predicted octanol–water partition coefficient (Wildman–Crippen LogP) is 2.37. The second-order valence-electron chi connectivity index (χ2n) is 4.33. The summed E-state index contributed by atoms with van der Waals surface area (Å²) in [6, 6.07) is 6.07. The van der Waals surface area contributed by atoms with E-state index in [1.54, 1.807) is 7.11 Å². The molecule has 0 radical (unpaired) electrons. The summed E-state index contributed by atoms with van der Waals surface area (Å²) in [5.74, 6) is 1.56. The van der Waals surface area contributed by atoms with Crippen LogP contribution in [0.4, 0.5) is 17.6 Å². The molecule has 7 heteroatoms. The lowest BCUT2D eigenvalue weighted by Gasteiger charge is -2.12. The maximum atomic E-state index is 5.33. The Morgan fingerprint density at radius 1 is 1.05 bits per heavy atom. The minimum absolute atomic E-state index is 0.245. The molecule has 0 aliphatic carbocycles. The van der Waals surface area contributed by atoms with Crippen LogP contribution in [0, 0.1) is 6.92 Å². The van der Waals surface area contributed by atoms with Crippen molar-refractivity contribution >= 4 is 17.6 Å². The van der Waals surface area contributed by atoms with Crippen molar-refractivity contribution in [2.75, 3.05) is 31.4 Å². The number of hydrogen-bond donors (Lipinski definition) is 2. The number of aromatic nitrogens is 3. The molecule has 0 fully saturated rings. The molecule has 7 nitrogen and oxygen atoms in total. The number of benzene rings is 1. The highest BCUT2D eigenvalue weighted by Crippen LogP contribution is 2.28. The summed E-state index contributed by atoms with van der Waals surface area (Å²) in [7, 11) is 3.13. The minimum atomic E-state index is 0.245. The molecule has 0 amide bonds. The van der Waals surface area contributed by atoms with E-state index in [2.05, 4.69) is 25.6 Å². The molecule has 1 aromatic heterocycles. The summed E-state index contributed by atoms with van der Waals surface area (Å²) in [5, 5.41) is 6.17. The molecule has 112 valence electrons. The van der Waals surface area contributed by atoms with Crippen LogP contribution in [0.1, 0.15) is 12.5 Å². The third-order valence-electron chi connectivity index (χ3n) is 2.73. The van der Waals surface area contributed by atoms with E-state index in [0.717, 1.165) is 11.3 Å². The van der Waals surface area contributed by atoms with Gasteiger partial charge in [-0.3, -0.25) is 0 Å². The Balaban J connectivity index is 2.34. The fourth-order valence-corrected chi connectivity index (χ4v) is 1.78. The van der Waals surface area contributed by atoms with Crippen molar-refractivity contribution in [2.24, 2.45) is 0 Å². The van der Waals surface area contributed by atoms with Crippen LogP contribution in [0.2, 0.25) is 0 Å². The molecule has 0 aliphatic heterocycles. The summed E-state index contributed by atoms with van der Waals surface area (Å²) < 4.78 is 10.4. The smallest absolute Gasteiger partial charge is 0.322 e. The van der Waals surface area contributed by atoms with Crippen molar-refractivity contribution in [3.05, 3.63) is 23.8 Å². The topological polar surface area (TPSA) is 81.2 Å². The number of ether oxygens (including phenoxy) is 2. The van der Waals surface area contributed by atoms with Crippen LogP contribution in [0.15, 0.2) is 18.2 Å². The van der Waals surface area contributed by atoms with Gasteiger partial charge in [-0.2, -0.15) is 15.0 Å². The third-order valence-corrected chi connectivity index (χ3v) is 2.73. The van der Waals surface area contributed by atoms with Gasteiger partial charge < -0.3 is 20.1 Å². The van der Waals surface area contributed by atoms with E-state index in [4.69, 9.17) is 9.47 Å². The highest BCUT2D eigenvalue weighted by Gasteiger charge is 2.09. The van der Waals surface area contributed by atoms with Gasteiger partial charge >= 0.3 is 6.01 Å². The Labute approximate surface area is 123 Å². The van der Waals surface area contributed by atoms with E-state index in [1.165, 1.54) is 7.11 Å². The first-order chi connectivity index (χ1) is 10.2. The van der Waals surface area contributed by atoms with Gasteiger partial charge in [-0.25, -0.2) is 0 Å². The van der Waals surface area contributed by atoms with Gasteiger partial charge in [0.25, 0.3) is 0 Å². The number of nitrogens with one attached hydrogen (secondary N) is 2. The van der Waals surface area contributed by atoms with Crippen LogP contribution >= 0.6 is 0 Å². The zero-order valence-electron chi connectivity index (χ0n) is 12.6. The average molecular weight is 289 g/mol. The molecule has 0 saturated carbocycles. The molecule has 0 aliphatic rings. The van der Waals surface area contributed by atoms with E-state index < -0.39 is 0 Å². The van der Waals surface area contributed by atoms with Gasteiger partial charge in [0.05, 0.1) is 19.9 Å². The van der Waals surface area contributed by atoms with Crippen molar-refractivity contribution in [1.29, 1.82) is 0 Å². The molecule has 0 atom stereocenters. The molecular weight excluding hydrogens is 270 g/mol. The molecule has 1 heterocycles. The summed E-state index contributed by atoms with van der Waals surface area (Å²) in [4.78, 5) is 12.6. The maximum absolute atomic E-state index is 5.33. The predicted molar refractivity (Wildman–Crippen MR) is 81.6 cm³/mol. The highest BCUT2D eigenvalue weighted by atomic mass is 16.5. The normalized spacial score (nSPS) is 10.1. The number of methoxy groups -OCH3 is 2. The van der Waals surface area contributed by atoms with Gasteiger partial charge in [-0.1, -0.05) is 6.07 Å². The lowest BCUT2D eigenvalue weighted by Crippen LogP contribution is -2.08. The fraction of sp³-hybridized carbons (Fsp3) is 0.357. The summed E-state index contributed by atoms with van der Waals surface area (Å²) in [6.45, 7) is 4.68. The Bertz CT molecular complexity index is 618. The first-order valence-electron chi connectivity index (χ1n) is 6.62. The number of rotatable bonds is 6. The minimum Gasteiger partial charge on any atom is -0.495 e. The molecule has 1 aromatic carbocycles. The van der Waals surface area contributed by atoms with Gasteiger partial charge in [0.2, 0.25) is 11.9 Å². The van der Waals surface area contributed by atoms with E-state index >= 15 is 0 Å². The van der Waals surface area contributed by atoms with Crippen LogP contribution in [0.3, 0.4) is 0 Å².